The van der Waals surface area contributed by atoms with Gasteiger partial charge >= 0.3 is 5.97 Å². The fraction of sp³-hybridized carbons (Fsp3) is 0.667. The summed E-state index contributed by atoms with van der Waals surface area (Å²) in [4.78, 5) is 22.7. The van der Waals surface area contributed by atoms with Crippen molar-refractivity contribution in [1.82, 2.24) is 9.97 Å². The molecule has 0 aromatic carbocycles. The van der Waals surface area contributed by atoms with Gasteiger partial charge in [0.15, 0.2) is 0 Å². The van der Waals surface area contributed by atoms with E-state index in [0.29, 0.717) is 12.5 Å². The van der Waals surface area contributed by atoms with E-state index in [9.17, 15) is 9.90 Å². The van der Waals surface area contributed by atoms with Crippen molar-refractivity contribution >= 4 is 11.8 Å². The smallest absolute Gasteiger partial charge is 0.308 e. The summed E-state index contributed by atoms with van der Waals surface area (Å²) in [6.45, 7) is 5.51. The Balaban J connectivity index is 1.90. The van der Waals surface area contributed by atoms with Gasteiger partial charge in [0.1, 0.15) is 11.6 Å². The molecule has 1 aromatic rings. The summed E-state index contributed by atoms with van der Waals surface area (Å²) in [5.74, 6) is 1.45. The minimum Gasteiger partial charge on any atom is -0.481 e. The highest BCUT2D eigenvalue weighted by Gasteiger charge is 2.31. The predicted molar refractivity (Wildman–Crippen MR) is 76.1 cm³/mol. The van der Waals surface area contributed by atoms with Crippen LogP contribution in [0.3, 0.4) is 0 Å². The quantitative estimate of drug-likeness (QED) is 0.916. The van der Waals surface area contributed by atoms with E-state index in [2.05, 4.69) is 9.88 Å². The number of carboxylic acid groups (broad SMARTS) is 1. The van der Waals surface area contributed by atoms with Crippen LogP contribution in [0, 0.1) is 19.8 Å². The molecule has 108 valence electrons. The summed E-state index contributed by atoms with van der Waals surface area (Å²) in [5.41, 5.74) is 2.11. The van der Waals surface area contributed by atoms with Gasteiger partial charge in [-0.3, -0.25) is 4.79 Å². The second-order valence-electron chi connectivity index (χ2n) is 6.01. The average Bonchev–Trinajstić information content (AvgIpc) is 3.26. The molecule has 2 aliphatic rings. The van der Waals surface area contributed by atoms with E-state index in [-0.39, 0.29) is 5.92 Å². The second-order valence-corrected chi connectivity index (χ2v) is 6.01. The Morgan fingerprint density at radius 2 is 2.00 bits per heavy atom. The first-order valence-electron chi connectivity index (χ1n) is 7.39. The van der Waals surface area contributed by atoms with Gasteiger partial charge in [-0.25, -0.2) is 9.97 Å². The number of aromatic nitrogens is 2. The van der Waals surface area contributed by atoms with Gasteiger partial charge in [0, 0.05) is 30.3 Å². The largest absolute Gasteiger partial charge is 0.481 e. The van der Waals surface area contributed by atoms with Crippen LogP contribution in [0.15, 0.2) is 0 Å². The third-order valence-electron chi connectivity index (χ3n) is 4.39. The zero-order valence-electron chi connectivity index (χ0n) is 12.1. The average molecular weight is 275 g/mol. The number of aryl methyl sites for hydroxylation is 1. The van der Waals surface area contributed by atoms with E-state index in [0.717, 1.165) is 42.3 Å². The summed E-state index contributed by atoms with van der Waals surface area (Å²) >= 11 is 0. The molecule has 0 amide bonds. The summed E-state index contributed by atoms with van der Waals surface area (Å²) < 4.78 is 0. The Labute approximate surface area is 119 Å². The molecule has 0 spiro atoms. The van der Waals surface area contributed by atoms with Gasteiger partial charge in [0.05, 0.1) is 5.92 Å². The molecule has 3 rings (SSSR count). The van der Waals surface area contributed by atoms with Gasteiger partial charge < -0.3 is 10.0 Å². The number of piperidine rings is 1. The fourth-order valence-corrected chi connectivity index (χ4v) is 2.84. The number of carbonyl (C=O) groups is 1. The maximum atomic E-state index is 11.2. The minimum atomic E-state index is -0.694. The Morgan fingerprint density at radius 1 is 1.25 bits per heavy atom. The summed E-state index contributed by atoms with van der Waals surface area (Å²) in [7, 11) is 0. The zero-order chi connectivity index (χ0) is 14.3. The van der Waals surface area contributed by atoms with Crippen molar-refractivity contribution in [3.63, 3.8) is 0 Å². The van der Waals surface area contributed by atoms with E-state index < -0.39 is 5.97 Å². The maximum Gasteiger partial charge on any atom is 0.308 e. The first-order chi connectivity index (χ1) is 9.56. The summed E-state index contributed by atoms with van der Waals surface area (Å²) in [6, 6.07) is 0. The standard InChI is InChI=1S/C15H21N3O2/c1-9-10(2)16-13(11-5-6-11)17-14(9)18-7-3-4-12(8-18)15(19)20/h11-12H,3-8H2,1-2H3,(H,19,20)/t12-/m0/s1. The molecule has 1 aromatic heterocycles. The van der Waals surface area contributed by atoms with Crippen molar-refractivity contribution in [2.45, 2.75) is 45.4 Å². The molecule has 0 bridgehead atoms. The SMILES string of the molecule is Cc1nc(C2CC2)nc(N2CCC[C@H](C(=O)O)C2)c1C. The topological polar surface area (TPSA) is 66.3 Å². The summed E-state index contributed by atoms with van der Waals surface area (Å²) in [5, 5.41) is 9.22. The van der Waals surface area contributed by atoms with Gasteiger partial charge in [-0.1, -0.05) is 0 Å². The molecule has 2 fully saturated rings. The maximum absolute atomic E-state index is 11.2. The molecule has 1 N–H and O–H groups in total. The van der Waals surface area contributed by atoms with Crippen LogP contribution < -0.4 is 4.90 Å². The van der Waals surface area contributed by atoms with Crippen molar-refractivity contribution in [3.05, 3.63) is 17.1 Å². The Hall–Kier alpha value is -1.65. The van der Waals surface area contributed by atoms with Crippen molar-refractivity contribution in [3.8, 4) is 0 Å². The van der Waals surface area contributed by atoms with E-state index in [1.54, 1.807) is 0 Å². The molecule has 1 aliphatic carbocycles. The molecule has 1 saturated carbocycles. The third-order valence-corrected chi connectivity index (χ3v) is 4.39. The van der Waals surface area contributed by atoms with Crippen molar-refractivity contribution in [2.75, 3.05) is 18.0 Å². The lowest BCUT2D eigenvalue weighted by atomic mass is 9.98. The molecule has 1 saturated heterocycles. The molecule has 5 nitrogen and oxygen atoms in total. The van der Waals surface area contributed by atoms with Crippen molar-refractivity contribution < 1.29 is 9.90 Å². The molecular weight excluding hydrogens is 254 g/mol. The van der Waals surface area contributed by atoms with Crippen molar-refractivity contribution in [1.29, 1.82) is 0 Å². The van der Waals surface area contributed by atoms with E-state index in [1.165, 1.54) is 12.8 Å². The molecule has 20 heavy (non-hydrogen) atoms. The molecular formula is C15H21N3O2. The number of anilines is 1. The lowest BCUT2D eigenvalue weighted by molar-refractivity contribution is -0.141. The van der Waals surface area contributed by atoms with Crippen LogP contribution in [0.5, 0.6) is 0 Å². The monoisotopic (exact) mass is 275 g/mol. The van der Waals surface area contributed by atoms with Gasteiger partial charge in [0.2, 0.25) is 0 Å². The highest BCUT2D eigenvalue weighted by atomic mass is 16.4. The molecule has 5 heteroatoms. The number of hydrogen-bond donors (Lipinski definition) is 1. The first kappa shape index (κ1) is 13.3. The lowest BCUT2D eigenvalue weighted by Crippen LogP contribution is -2.39. The van der Waals surface area contributed by atoms with Crippen LogP contribution >= 0.6 is 0 Å². The van der Waals surface area contributed by atoms with Crippen molar-refractivity contribution in [2.24, 2.45) is 5.92 Å². The molecule has 2 heterocycles. The minimum absolute atomic E-state index is 0.275. The van der Waals surface area contributed by atoms with Crippen LogP contribution in [0.2, 0.25) is 0 Å². The van der Waals surface area contributed by atoms with E-state index >= 15 is 0 Å². The highest BCUT2D eigenvalue weighted by Crippen LogP contribution is 2.39. The van der Waals surface area contributed by atoms with Gasteiger partial charge in [0.25, 0.3) is 0 Å². The van der Waals surface area contributed by atoms with Crippen LogP contribution in [0.1, 0.15) is 48.7 Å². The lowest BCUT2D eigenvalue weighted by Gasteiger charge is -2.33. The molecule has 0 unspecified atom stereocenters. The normalized spacial score (nSPS) is 22.9. The zero-order valence-corrected chi connectivity index (χ0v) is 12.1. The highest BCUT2D eigenvalue weighted by molar-refractivity contribution is 5.71. The summed E-state index contributed by atoms with van der Waals surface area (Å²) in [6.07, 6.45) is 4.04. The molecule has 1 aliphatic heterocycles. The molecule has 0 radical (unpaired) electrons. The Bertz CT molecular complexity index is 540. The van der Waals surface area contributed by atoms with E-state index in [1.807, 2.05) is 13.8 Å². The number of hydrogen-bond acceptors (Lipinski definition) is 4. The van der Waals surface area contributed by atoms with Crippen LogP contribution in [-0.4, -0.2) is 34.1 Å². The molecule has 1 atom stereocenters. The third kappa shape index (κ3) is 2.49. The van der Waals surface area contributed by atoms with Crippen LogP contribution in [0.25, 0.3) is 0 Å². The number of aliphatic carboxylic acids is 1. The number of nitrogens with zero attached hydrogens (tertiary/aromatic N) is 3. The fourth-order valence-electron chi connectivity index (χ4n) is 2.84. The van der Waals surface area contributed by atoms with Crippen LogP contribution in [0.4, 0.5) is 5.82 Å². The van der Waals surface area contributed by atoms with Crippen LogP contribution in [-0.2, 0) is 4.79 Å². The first-order valence-corrected chi connectivity index (χ1v) is 7.39. The second kappa shape index (κ2) is 5.04. The van der Waals surface area contributed by atoms with Gasteiger partial charge in [-0.05, 0) is 39.5 Å². The van der Waals surface area contributed by atoms with Gasteiger partial charge in [-0.2, -0.15) is 0 Å². The predicted octanol–water partition coefficient (Wildman–Crippen LogP) is 2.27. The van der Waals surface area contributed by atoms with Gasteiger partial charge in [-0.15, -0.1) is 0 Å². The number of rotatable bonds is 3. The number of carboxylic acids is 1. The Kier molecular flexibility index (Phi) is 3.36. The Morgan fingerprint density at radius 3 is 2.65 bits per heavy atom. The van der Waals surface area contributed by atoms with E-state index in [4.69, 9.17) is 4.98 Å².